The third-order valence-corrected chi connectivity index (χ3v) is 4.48. The molecule has 27 heavy (non-hydrogen) atoms. The Morgan fingerprint density at radius 2 is 1.78 bits per heavy atom. The van der Waals surface area contributed by atoms with Crippen LogP contribution >= 0.6 is 0 Å². The molecule has 0 saturated heterocycles. The molecule has 0 N–H and O–H groups in total. The summed E-state index contributed by atoms with van der Waals surface area (Å²) in [5.74, 6) is -0.103. The average Bonchev–Trinajstić information content (AvgIpc) is 2.69. The van der Waals surface area contributed by atoms with E-state index >= 15 is 0 Å². The number of hydrogen-bond acceptors (Lipinski definition) is 3. The van der Waals surface area contributed by atoms with Crippen molar-refractivity contribution >= 4 is 5.91 Å². The summed E-state index contributed by atoms with van der Waals surface area (Å²) in [4.78, 5) is 31.2. The number of rotatable bonds is 6. The molecule has 0 spiro atoms. The molecule has 0 aliphatic rings. The van der Waals surface area contributed by atoms with E-state index in [2.05, 4.69) is 4.98 Å². The molecule has 0 atom stereocenters. The molecule has 3 rings (SSSR count). The second kappa shape index (κ2) is 8.45. The molecule has 5 heteroatoms. The molecule has 1 heterocycles. The van der Waals surface area contributed by atoms with Crippen molar-refractivity contribution < 1.29 is 4.79 Å². The average molecular weight is 361 g/mol. The van der Waals surface area contributed by atoms with E-state index in [4.69, 9.17) is 0 Å². The van der Waals surface area contributed by atoms with Crippen LogP contribution in [0, 0.1) is 6.92 Å². The molecule has 2 aromatic carbocycles. The number of nitrogens with zero attached hydrogens (tertiary/aromatic N) is 3. The Morgan fingerprint density at radius 1 is 1.07 bits per heavy atom. The third-order valence-electron chi connectivity index (χ3n) is 4.48. The maximum absolute atomic E-state index is 12.6. The third kappa shape index (κ3) is 4.70. The van der Waals surface area contributed by atoms with Crippen LogP contribution < -0.4 is 5.56 Å². The van der Waals surface area contributed by atoms with E-state index in [1.54, 1.807) is 4.90 Å². The van der Waals surface area contributed by atoms with E-state index < -0.39 is 0 Å². The number of benzene rings is 2. The molecule has 0 unspecified atom stereocenters. The zero-order valence-electron chi connectivity index (χ0n) is 15.6. The van der Waals surface area contributed by atoms with Gasteiger partial charge in [0, 0.05) is 24.7 Å². The van der Waals surface area contributed by atoms with Crippen LogP contribution in [0.2, 0.25) is 0 Å². The van der Waals surface area contributed by atoms with Gasteiger partial charge in [-0.25, -0.2) is 4.98 Å². The topological polar surface area (TPSA) is 55.2 Å². The first kappa shape index (κ1) is 18.6. The molecule has 0 fully saturated rings. The summed E-state index contributed by atoms with van der Waals surface area (Å²) in [6, 6.07) is 19.1. The number of hydrogen-bond donors (Lipinski definition) is 0. The fourth-order valence-electron chi connectivity index (χ4n) is 2.85. The summed E-state index contributed by atoms with van der Waals surface area (Å²) < 4.78 is 1.35. The highest BCUT2D eigenvalue weighted by atomic mass is 16.2. The lowest BCUT2D eigenvalue weighted by Gasteiger charge is -2.21. The molecule has 0 radical (unpaired) electrons. The fourth-order valence-corrected chi connectivity index (χ4v) is 2.85. The van der Waals surface area contributed by atoms with Gasteiger partial charge >= 0.3 is 0 Å². The second-order valence-electron chi connectivity index (χ2n) is 6.50. The molecule has 0 aliphatic carbocycles. The van der Waals surface area contributed by atoms with Gasteiger partial charge in [0.05, 0.1) is 12.0 Å². The molecule has 0 bridgehead atoms. The van der Waals surface area contributed by atoms with E-state index in [9.17, 15) is 9.59 Å². The summed E-state index contributed by atoms with van der Waals surface area (Å²) in [7, 11) is 0. The highest BCUT2D eigenvalue weighted by molar-refractivity contribution is 5.76. The molecule has 0 aliphatic heterocycles. The Morgan fingerprint density at radius 3 is 2.41 bits per heavy atom. The van der Waals surface area contributed by atoms with Gasteiger partial charge in [0.1, 0.15) is 6.54 Å². The van der Waals surface area contributed by atoms with Gasteiger partial charge in [0.2, 0.25) is 5.91 Å². The minimum absolute atomic E-state index is 0.0132. The van der Waals surface area contributed by atoms with Crippen LogP contribution in [-0.2, 0) is 17.9 Å². The standard InChI is InChI=1S/C22H23N3O2/c1-3-24(14-18-7-5-4-6-8-18)22(27)15-25-16-23-20(13-21(25)26)19-11-9-17(2)10-12-19/h4-13,16H,3,14-15H2,1-2H3. The van der Waals surface area contributed by atoms with Gasteiger partial charge < -0.3 is 4.90 Å². The second-order valence-corrected chi connectivity index (χ2v) is 6.50. The van der Waals surface area contributed by atoms with E-state index in [0.717, 1.165) is 16.7 Å². The number of carbonyl (C=O) groups is 1. The molecular formula is C22H23N3O2. The molecule has 5 nitrogen and oxygen atoms in total. The lowest BCUT2D eigenvalue weighted by atomic mass is 10.1. The number of amides is 1. The first-order valence-corrected chi connectivity index (χ1v) is 9.02. The summed E-state index contributed by atoms with van der Waals surface area (Å²) >= 11 is 0. The van der Waals surface area contributed by atoms with Gasteiger partial charge in [-0.3, -0.25) is 14.2 Å². The smallest absolute Gasteiger partial charge is 0.254 e. The van der Waals surface area contributed by atoms with Crippen molar-refractivity contribution in [3.8, 4) is 11.3 Å². The summed E-state index contributed by atoms with van der Waals surface area (Å²) in [5.41, 5.74) is 3.48. The zero-order chi connectivity index (χ0) is 19.2. The van der Waals surface area contributed by atoms with Crippen molar-refractivity contribution in [1.29, 1.82) is 0 Å². The van der Waals surface area contributed by atoms with Gasteiger partial charge in [-0.2, -0.15) is 0 Å². The van der Waals surface area contributed by atoms with E-state index in [-0.39, 0.29) is 18.0 Å². The largest absolute Gasteiger partial charge is 0.337 e. The maximum atomic E-state index is 12.6. The molecule has 1 aromatic heterocycles. The Bertz CT molecular complexity index is 963. The van der Waals surface area contributed by atoms with Gasteiger partial charge in [0.15, 0.2) is 0 Å². The minimum atomic E-state index is -0.232. The zero-order valence-corrected chi connectivity index (χ0v) is 15.6. The lowest BCUT2D eigenvalue weighted by Crippen LogP contribution is -2.36. The summed E-state index contributed by atoms with van der Waals surface area (Å²) in [6.45, 7) is 5.04. The maximum Gasteiger partial charge on any atom is 0.254 e. The Hall–Kier alpha value is -3.21. The molecule has 3 aromatic rings. The van der Waals surface area contributed by atoms with E-state index in [0.29, 0.717) is 18.8 Å². The highest BCUT2D eigenvalue weighted by Crippen LogP contribution is 2.15. The lowest BCUT2D eigenvalue weighted by molar-refractivity contribution is -0.132. The van der Waals surface area contributed by atoms with Crippen LogP contribution in [0.25, 0.3) is 11.3 Å². The fraction of sp³-hybridized carbons (Fsp3) is 0.227. The van der Waals surface area contributed by atoms with Gasteiger partial charge in [-0.05, 0) is 19.4 Å². The SMILES string of the molecule is CCN(Cc1ccccc1)C(=O)Cn1cnc(-c2ccc(C)cc2)cc1=O. The first-order valence-electron chi connectivity index (χ1n) is 9.02. The van der Waals surface area contributed by atoms with Crippen LogP contribution in [0.3, 0.4) is 0 Å². The number of aryl methyl sites for hydroxylation is 1. The van der Waals surface area contributed by atoms with Crippen LogP contribution in [0.5, 0.6) is 0 Å². The number of likely N-dealkylation sites (N-methyl/N-ethyl adjacent to an activating group) is 1. The Balaban J connectivity index is 1.73. The van der Waals surface area contributed by atoms with Crippen LogP contribution in [0.15, 0.2) is 71.8 Å². The Labute approximate surface area is 158 Å². The molecule has 1 amide bonds. The van der Waals surface area contributed by atoms with Crippen molar-refractivity contribution in [2.24, 2.45) is 0 Å². The molecule has 0 saturated carbocycles. The van der Waals surface area contributed by atoms with Crippen molar-refractivity contribution in [3.63, 3.8) is 0 Å². The number of aromatic nitrogens is 2. The van der Waals surface area contributed by atoms with E-state index in [1.807, 2.05) is 68.4 Å². The van der Waals surface area contributed by atoms with Crippen LogP contribution in [0.4, 0.5) is 0 Å². The minimum Gasteiger partial charge on any atom is -0.337 e. The van der Waals surface area contributed by atoms with E-state index in [1.165, 1.54) is 17.0 Å². The van der Waals surface area contributed by atoms with Crippen molar-refractivity contribution in [2.75, 3.05) is 6.54 Å². The predicted molar refractivity (Wildman–Crippen MR) is 106 cm³/mol. The quantitative estimate of drug-likeness (QED) is 0.677. The van der Waals surface area contributed by atoms with Crippen molar-refractivity contribution in [1.82, 2.24) is 14.5 Å². The van der Waals surface area contributed by atoms with Crippen LogP contribution in [0.1, 0.15) is 18.1 Å². The summed E-state index contributed by atoms with van der Waals surface area (Å²) in [6.07, 6.45) is 1.45. The monoisotopic (exact) mass is 361 g/mol. The Kier molecular flexibility index (Phi) is 5.81. The van der Waals surface area contributed by atoms with Crippen molar-refractivity contribution in [2.45, 2.75) is 26.9 Å². The predicted octanol–water partition coefficient (Wildman–Crippen LogP) is 3.27. The summed E-state index contributed by atoms with van der Waals surface area (Å²) in [5, 5.41) is 0. The van der Waals surface area contributed by atoms with Gasteiger partial charge in [-0.15, -0.1) is 0 Å². The van der Waals surface area contributed by atoms with Crippen LogP contribution in [-0.4, -0.2) is 26.9 Å². The number of carbonyl (C=O) groups excluding carboxylic acids is 1. The molecule has 138 valence electrons. The molecular weight excluding hydrogens is 338 g/mol. The van der Waals surface area contributed by atoms with Crippen molar-refractivity contribution in [3.05, 3.63) is 88.5 Å². The normalized spacial score (nSPS) is 10.6. The van der Waals surface area contributed by atoms with Gasteiger partial charge in [0.25, 0.3) is 5.56 Å². The van der Waals surface area contributed by atoms with Gasteiger partial charge in [-0.1, -0.05) is 60.2 Å². The highest BCUT2D eigenvalue weighted by Gasteiger charge is 2.14. The first-order chi connectivity index (χ1) is 13.1.